The SMILES string of the molecule is C.CC.CC.CC1C=CC(C)C1. The van der Waals surface area contributed by atoms with Gasteiger partial charge in [-0.1, -0.05) is 61.1 Å². The van der Waals surface area contributed by atoms with E-state index >= 15 is 0 Å². The maximum absolute atomic E-state index is 2.30. The van der Waals surface area contributed by atoms with Gasteiger partial charge in [0.15, 0.2) is 0 Å². The fraction of sp³-hybridized carbons (Fsp3) is 0.833. The molecule has 0 heterocycles. The van der Waals surface area contributed by atoms with E-state index in [9.17, 15) is 0 Å². The first-order chi connectivity index (χ1) is 5.29. The van der Waals surface area contributed by atoms with Crippen LogP contribution in [0.15, 0.2) is 12.2 Å². The minimum Gasteiger partial charge on any atom is -0.0854 e. The molecule has 0 spiro atoms. The zero-order valence-electron chi connectivity index (χ0n) is 9.02. The topological polar surface area (TPSA) is 0 Å². The highest BCUT2D eigenvalue weighted by atomic mass is 14.1. The van der Waals surface area contributed by atoms with Crippen LogP contribution in [0, 0.1) is 11.8 Å². The van der Waals surface area contributed by atoms with Gasteiger partial charge in [-0.25, -0.2) is 0 Å². The molecule has 2 unspecified atom stereocenters. The van der Waals surface area contributed by atoms with Crippen LogP contribution in [0.3, 0.4) is 0 Å². The van der Waals surface area contributed by atoms with Crippen LogP contribution in [0.25, 0.3) is 0 Å². The average molecular weight is 172 g/mol. The zero-order valence-corrected chi connectivity index (χ0v) is 9.02. The average Bonchev–Trinajstić information content (AvgIpc) is 2.43. The molecule has 0 heteroatoms. The minimum atomic E-state index is 0. The van der Waals surface area contributed by atoms with Gasteiger partial charge in [-0.2, -0.15) is 0 Å². The van der Waals surface area contributed by atoms with Crippen molar-refractivity contribution in [3.05, 3.63) is 12.2 Å². The molecule has 0 nitrogen and oxygen atoms in total. The van der Waals surface area contributed by atoms with Crippen molar-refractivity contribution in [3.63, 3.8) is 0 Å². The molecule has 0 bridgehead atoms. The summed E-state index contributed by atoms with van der Waals surface area (Å²) in [5.41, 5.74) is 0. The van der Waals surface area contributed by atoms with Crippen molar-refractivity contribution in [3.8, 4) is 0 Å². The molecule has 12 heavy (non-hydrogen) atoms. The van der Waals surface area contributed by atoms with Crippen molar-refractivity contribution in [2.45, 2.75) is 55.4 Å². The van der Waals surface area contributed by atoms with E-state index in [1.54, 1.807) is 0 Å². The van der Waals surface area contributed by atoms with E-state index in [-0.39, 0.29) is 7.43 Å². The van der Waals surface area contributed by atoms with Crippen LogP contribution >= 0.6 is 0 Å². The summed E-state index contributed by atoms with van der Waals surface area (Å²) in [6.45, 7) is 12.5. The predicted molar refractivity (Wildman–Crippen MR) is 61.5 cm³/mol. The van der Waals surface area contributed by atoms with E-state index in [0.717, 1.165) is 11.8 Å². The molecule has 0 saturated heterocycles. The second-order valence-corrected chi connectivity index (χ2v) is 2.58. The third kappa shape index (κ3) is 9.74. The molecule has 0 aromatic heterocycles. The molecule has 1 rings (SSSR count). The first-order valence-corrected chi connectivity index (χ1v) is 4.97. The molecule has 0 saturated carbocycles. The Hall–Kier alpha value is -0.260. The van der Waals surface area contributed by atoms with Crippen molar-refractivity contribution in [2.24, 2.45) is 11.8 Å². The second kappa shape index (κ2) is 13.3. The van der Waals surface area contributed by atoms with Crippen LogP contribution in [0.4, 0.5) is 0 Å². The highest BCUT2D eigenvalue weighted by Crippen LogP contribution is 2.21. The number of hydrogen-bond donors (Lipinski definition) is 0. The lowest BCUT2D eigenvalue weighted by Gasteiger charge is -1.97. The van der Waals surface area contributed by atoms with Gasteiger partial charge in [-0.3, -0.25) is 0 Å². The monoisotopic (exact) mass is 172 g/mol. The van der Waals surface area contributed by atoms with Gasteiger partial charge in [0.25, 0.3) is 0 Å². The summed E-state index contributed by atoms with van der Waals surface area (Å²) in [5, 5.41) is 0. The standard InChI is InChI=1S/C7H12.2C2H6.CH4/c1-6-3-4-7(2)5-6;2*1-2;/h3-4,6-7H,5H2,1-2H3;2*1-2H3;1H4. The lowest BCUT2D eigenvalue weighted by molar-refractivity contribution is 0.591. The van der Waals surface area contributed by atoms with Gasteiger partial charge in [-0.05, 0) is 18.3 Å². The first kappa shape index (κ1) is 17.7. The summed E-state index contributed by atoms with van der Waals surface area (Å²) >= 11 is 0. The summed E-state index contributed by atoms with van der Waals surface area (Å²) in [7, 11) is 0. The third-order valence-electron chi connectivity index (χ3n) is 1.51. The molecule has 0 aromatic rings. The number of rotatable bonds is 0. The van der Waals surface area contributed by atoms with Crippen molar-refractivity contribution in [1.82, 2.24) is 0 Å². The summed E-state index contributed by atoms with van der Waals surface area (Å²) in [5.74, 6) is 1.69. The van der Waals surface area contributed by atoms with Crippen molar-refractivity contribution in [1.29, 1.82) is 0 Å². The first-order valence-electron chi connectivity index (χ1n) is 4.97. The quantitative estimate of drug-likeness (QED) is 0.456. The van der Waals surface area contributed by atoms with E-state index in [1.165, 1.54) is 6.42 Å². The van der Waals surface area contributed by atoms with Gasteiger partial charge in [0.2, 0.25) is 0 Å². The maximum Gasteiger partial charge on any atom is -0.0256 e. The highest BCUT2D eigenvalue weighted by Gasteiger charge is 2.08. The zero-order chi connectivity index (χ0) is 9.28. The number of allylic oxidation sites excluding steroid dienone is 2. The summed E-state index contributed by atoms with van der Waals surface area (Å²) in [6, 6.07) is 0. The van der Waals surface area contributed by atoms with Gasteiger partial charge >= 0.3 is 0 Å². The van der Waals surface area contributed by atoms with Crippen LogP contribution in [0.5, 0.6) is 0 Å². The molecule has 0 aliphatic heterocycles. The Labute approximate surface area is 80.1 Å². The molecule has 0 fully saturated rings. The Morgan fingerprint density at radius 1 is 0.833 bits per heavy atom. The Bertz CT molecular complexity index is 72.0. The molecule has 0 aromatic carbocycles. The summed E-state index contributed by atoms with van der Waals surface area (Å²) < 4.78 is 0. The van der Waals surface area contributed by atoms with Gasteiger partial charge in [0.1, 0.15) is 0 Å². The molecule has 0 radical (unpaired) electrons. The molecule has 1 aliphatic carbocycles. The summed E-state index contributed by atoms with van der Waals surface area (Å²) in [4.78, 5) is 0. The molecule has 0 N–H and O–H groups in total. The fourth-order valence-corrected chi connectivity index (χ4v) is 1.12. The van der Waals surface area contributed by atoms with E-state index in [0.29, 0.717) is 0 Å². The Balaban J connectivity index is -0.000000144. The Morgan fingerprint density at radius 3 is 1.17 bits per heavy atom. The third-order valence-corrected chi connectivity index (χ3v) is 1.51. The minimum absolute atomic E-state index is 0. The van der Waals surface area contributed by atoms with Crippen LogP contribution in [-0.2, 0) is 0 Å². The highest BCUT2D eigenvalue weighted by molar-refractivity contribution is 4.98. The lowest BCUT2D eigenvalue weighted by atomic mass is 10.1. The molecule has 1 aliphatic rings. The second-order valence-electron chi connectivity index (χ2n) is 2.58. The molecule has 2 atom stereocenters. The van der Waals surface area contributed by atoms with Gasteiger partial charge in [-0.15, -0.1) is 0 Å². The van der Waals surface area contributed by atoms with Crippen molar-refractivity contribution in [2.75, 3.05) is 0 Å². The molecule has 0 amide bonds. The van der Waals surface area contributed by atoms with E-state index < -0.39 is 0 Å². The van der Waals surface area contributed by atoms with E-state index in [1.807, 2.05) is 27.7 Å². The Morgan fingerprint density at radius 2 is 1.08 bits per heavy atom. The molecular weight excluding hydrogens is 144 g/mol. The largest absolute Gasteiger partial charge is 0.0854 e. The van der Waals surface area contributed by atoms with Gasteiger partial charge in [0.05, 0.1) is 0 Å². The van der Waals surface area contributed by atoms with Gasteiger partial charge in [0, 0.05) is 0 Å². The van der Waals surface area contributed by atoms with Crippen LogP contribution in [0.2, 0.25) is 0 Å². The van der Waals surface area contributed by atoms with Crippen LogP contribution in [-0.4, -0.2) is 0 Å². The normalized spacial score (nSPS) is 24.2. The lowest BCUT2D eigenvalue weighted by Crippen LogP contribution is -1.86. The Kier molecular flexibility index (Phi) is 19.7. The summed E-state index contributed by atoms with van der Waals surface area (Å²) in [6.07, 6.45) is 5.95. The van der Waals surface area contributed by atoms with Crippen molar-refractivity contribution < 1.29 is 0 Å². The fourth-order valence-electron chi connectivity index (χ4n) is 1.12. The predicted octanol–water partition coefficient (Wildman–Crippen LogP) is 4.91. The van der Waals surface area contributed by atoms with Crippen LogP contribution < -0.4 is 0 Å². The van der Waals surface area contributed by atoms with E-state index in [2.05, 4.69) is 26.0 Å². The van der Waals surface area contributed by atoms with Crippen molar-refractivity contribution >= 4 is 0 Å². The molecular formula is C12H28. The number of hydrogen-bond acceptors (Lipinski definition) is 0. The van der Waals surface area contributed by atoms with E-state index in [4.69, 9.17) is 0 Å². The maximum atomic E-state index is 2.30. The smallest absolute Gasteiger partial charge is 0.0256 e. The van der Waals surface area contributed by atoms with Crippen LogP contribution in [0.1, 0.15) is 55.4 Å². The molecule has 76 valence electrons. The van der Waals surface area contributed by atoms with Gasteiger partial charge < -0.3 is 0 Å².